The van der Waals surface area contributed by atoms with Gasteiger partial charge in [-0.2, -0.15) is 0 Å². The lowest BCUT2D eigenvalue weighted by Gasteiger charge is -2.13. The summed E-state index contributed by atoms with van der Waals surface area (Å²) in [7, 11) is 0. The van der Waals surface area contributed by atoms with Gasteiger partial charge >= 0.3 is 0 Å². The Hall–Kier alpha value is -5.60. The van der Waals surface area contributed by atoms with Crippen molar-refractivity contribution < 1.29 is 0 Å². The van der Waals surface area contributed by atoms with Gasteiger partial charge in [0.25, 0.3) is 0 Å². The van der Waals surface area contributed by atoms with Gasteiger partial charge in [-0.1, -0.05) is 147 Å². The summed E-state index contributed by atoms with van der Waals surface area (Å²) >= 11 is 0. The van der Waals surface area contributed by atoms with Gasteiger partial charge in [0.2, 0.25) is 0 Å². The van der Waals surface area contributed by atoms with Gasteiger partial charge in [0.1, 0.15) is 0 Å². The van der Waals surface area contributed by atoms with Gasteiger partial charge < -0.3 is 0 Å². The minimum absolute atomic E-state index is 0. The van der Waals surface area contributed by atoms with Gasteiger partial charge in [-0.15, -0.1) is 0 Å². The van der Waals surface area contributed by atoms with Gasteiger partial charge in [-0.3, -0.25) is 0 Å². The second kappa shape index (κ2) is 12.5. The summed E-state index contributed by atoms with van der Waals surface area (Å²) in [4.78, 5) is 10.1. The monoisotopic (exact) mass is 552 g/mol. The summed E-state index contributed by atoms with van der Waals surface area (Å²) in [6.45, 7) is 0. The Labute approximate surface area is 254 Å². The molecule has 0 aliphatic rings. The first-order chi connectivity index (χ1) is 20.8. The average molecular weight is 553 g/mol. The Morgan fingerprint density at radius 2 is 0.488 bits per heavy atom. The van der Waals surface area contributed by atoms with Crippen molar-refractivity contribution in [3.05, 3.63) is 170 Å². The van der Waals surface area contributed by atoms with Crippen LogP contribution in [0.3, 0.4) is 0 Å². The Bertz CT molecular complexity index is 1690. The van der Waals surface area contributed by atoms with Crippen molar-refractivity contribution in [2.75, 3.05) is 0 Å². The predicted molar refractivity (Wildman–Crippen MR) is 181 cm³/mol. The predicted octanol–water partition coefficient (Wildman–Crippen LogP) is 11.1. The topological polar surface area (TPSA) is 25.8 Å². The molecule has 7 rings (SSSR count). The van der Waals surface area contributed by atoms with Crippen molar-refractivity contribution in [3.63, 3.8) is 0 Å². The molecule has 2 nitrogen and oxygen atoms in total. The van der Waals surface area contributed by atoms with Gasteiger partial charge in [-0.05, 0) is 52.6 Å². The molecule has 206 valence electrons. The number of hydrogen-bond acceptors (Lipinski definition) is 2. The van der Waals surface area contributed by atoms with E-state index >= 15 is 0 Å². The zero-order chi connectivity index (χ0) is 28.1. The minimum atomic E-state index is 0. The van der Waals surface area contributed by atoms with Gasteiger partial charge in [-0.25, -0.2) is 9.97 Å². The van der Waals surface area contributed by atoms with E-state index in [2.05, 4.69) is 146 Å². The molecule has 5 aromatic carbocycles. The Morgan fingerprint density at radius 1 is 0.233 bits per heavy atom. The maximum Gasteiger partial charge on any atom is 0.0715 e. The van der Waals surface area contributed by atoms with Crippen LogP contribution in [0.25, 0.3) is 67.3 Å². The molecule has 0 fully saturated rings. The summed E-state index contributed by atoms with van der Waals surface area (Å²) in [5.74, 6) is 0. The van der Waals surface area contributed by atoms with Gasteiger partial charge in [0.05, 0.1) is 22.8 Å². The number of nitrogens with zero attached hydrogens (tertiary/aromatic N) is 2. The zero-order valence-corrected chi connectivity index (χ0v) is 23.1. The van der Waals surface area contributed by atoms with Crippen LogP contribution >= 0.6 is 0 Å². The molecule has 0 radical (unpaired) electrons. The Morgan fingerprint density at radius 3 is 0.767 bits per heavy atom. The summed E-state index contributed by atoms with van der Waals surface area (Å²) in [5, 5.41) is 0. The zero-order valence-electron chi connectivity index (χ0n) is 23.1. The molecule has 2 aromatic heterocycles. The molecule has 0 amide bonds. The molecular weight excluding hydrogens is 520 g/mol. The molecule has 7 aromatic rings. The standard InChI is InChI=1S/C40H28N2.CH4/c1-5-14-29(15-6-1)37-25-35(26-38(41-37)30-16-7-2-8-17-30)33-22-13-23-34(24-33)36-27-39(31-18-9-3-10-19-31)42-40(28-36)32-20-11-4-12-21-32;/h1-28H;1H4. The highest BCUT2D eigenvalue weighted by Crippen LogP contribution is 2.34. The molecule has 0 N–H and O–H groups in total. The molecule has 0 unspecified atom stereocenters. The first kappa shape index (κ1) is 27.6. The number of hydrogen-bond donors (Lipinski definition) is 0. The lowest BCUT2D eigenvalue weighted by molar-refractivity contribution is 1.32. The van der Waals surface area contributed by atoms with Crippen LogP contribution in [0.4, 0.5) is 0 Å². The summed E-state index contributed by atoms with van der Waals surface area (Å²) < 4.78 is 0. The van der Waals surface area contributed by atoms with Crippen LogP contribution in [0.1, 0.15) is 7.43 Å². The Balaban J connectivity index is 0.00000329. The molecule has 0 spiro atoms. The quantitative estimate of drug-likeness (QED) is 0.205. The van der Waals surface area contributed by atoms with Gasteiger partial charge in [0.15, 0.2) is 0 Å². The SMILES string of the molecule is C.c1ccc(-c2cc(-c3cccc(-c4cc(-c5ccccc5)nc(-c5ccccc5)c4)c3)cc(-c3ccccc3)n2)cc1. The normalized spacial score (nSPS) is 10.6. The van der Waals surface area contributed by atoms with E-state index in [1.165, 1.54) is 0 Å². The van der Waals surface area contributed by atoms with E-state index in [0.29, 0.717) is 0 Å². The number of pyridine rings is 2. The van der Waals surface area contributed by atoms with E-state index in [9.17, 15) is 0 Å². The van der Waals surface area contributed by atoms with Crippen LogP contribution in [0.15, 0.2) is 170 Å². The highest BCUT2D eigenvalue weighted by Gasteiger charge is 2.12. The fourth-order valence-electron chi connectivity index (χ4n) is 5.30. The van der Waals surface area contributed by atoms with Crippen LogP contribution < -0.4 is 0 Å². The summed E-state index contributed by atoms with van der Waals surface area (Å²) in [6.07, 6.45) is 0. The molecule has 0 bridgehead atoms. The minimum Gasteiger partial charge on any atom is -0.248 e. The van der Waals surface area contributed by atoms with Crippen molar-refractivity contribution >= 4 is 0 Å². The van der Waals surface area contributed by atoms with Crippen LogP contribution in [0.5, 0.6) is 0 Å². The molecule has 0 saturated heterocycles. The molecule has 2 heteroatoms. The molecule has 2 heterocycles. The van der Waals surface area contributed by atoms with Crippen LogP contribution in [0.2, 0.25) is 0 Å². The lowest BCUT2D eigenvalue weighted by Crippen LogP contribution is -1.92. The molecule has 0 aliphatic heterocycles. The second-order valence-corrected chi connectivity index (χ2v) is 10.3. The van der Waals surface area contributed by atoms with E-state index in [-0.39, 0.29) is 7.43 Å². The van der Waals surface area contributed by atoms with Crippen molar-refractivity contribution in [3.8, 4) is 67.3 Å². The summed E-state index contributed by atoms with van der Waals surface area (Å²) in [6, 6.07) is 59.1. The fraction of sp³-hybridized carbons (Fsp3) is 0.0244. The molecule has 0 atom stereocenters. The third-order valence-corrected chi connectivity index (χ3v) is 7.46. The smallest absolute Gasteiger partial charge is 0.0715 e. The Kier molecular flexibility index (Phi) is 8.02. The third-order valence-electron chi connectivity index (χ3n) is 7.46. The van der Waals surface area contributed by atoms with Crippen molar-refractivity contribution in [1.82, 2.24) is 9.97 Å². The van der Waals surface area contributed by atoms with Crippen molar-refractivity contribution in [2.45, 2.75) is 7.43 Å². The van der Waals surface area contributed by atoms with Crippen LogP contribution in [-0.4, -0.2) is 9.97 Å². The molecule has 43 heavy (non-hydrogen) atoms. The average Bonchev–Trinajstić information content (AvgIpc) is 3.09. The number of rotatable bonds is 6. The first-order valence-electron chi connectivity index (χ1n) is 14.2. The molecule has 0 saturated carbocycles. The maximum absolute atomic E-state index is 5.06. The number of benzene rings is 5. The lowest BCUT2D eigenvalue weighted by atomic mass is 9.95. The molecule has 0 aliphatic carbocycles. The van der Waals surface area contributed by atoms with Gasteiger partial charge in [0, 0.05) is 22.3 Å². The summed E-state index contributed by atoms with van der Waals surface area (Å²) in [5.41, 5.74) is 12.8. The highest BCUT2D eigenvalue weighted by molar-refractivity contribution is 5.82. The van der Waals surface area contributed by atoms with E-state index in [1.54, 1.807) is 0 Å². The number of aromatic nitrogens is 2. The first-order valence-corrected chi connectivity index (χ1v) is 14.2. The van der Waals surface area contributed by atoms with Crippen LogP contribution in [0, 0.1) is 0 Å². The largest absolute Gasteiger partial charge is 0.248 e. The van der Waals surface area contributed by atoms with Crippen molar-refractivity contribution in [1.29, 1.82) is 0 Å². The van der Waals surface area contributed by atoms with Crippen LogP contribution in [-0.2, 0) is 0 Å². The third kappa shape index (κ3) is 6.05. The maximum atomic E-state index is 5.06. The van der Waals surface area contributed by atoms with E-state index in [4.69, 9.17) is 9.97 Å². The van der Waals surface area contributed by atoms with E-state index in [1.807, 2.05) is 24.3 Å². The highest BCUT2D eigenvalue weighted by atomic mass is 14.7. The second-order valence-electron chi connectivity index (χ2n) is 10.3. The fourth-order valence-corrected chi connectivity index (χ4v) is 5.30. The van der Waals surface area contributed by atoms with E-state index in [0.717, 1.165) is 67.3 Å². The van der Waals surface area contributed by atoms with E-state index < -0.39 is 0 Å². The molecular formula is C41H32N2. The van der Waals surface area contributed by atoms with Crippen molar-refractivity contribution in [2.24, 2.45) is 0 Å².